The van der Waals surface area contributed by atoms with Gasteiger partial charge in [-0.05, 0) is 93.5 Å². The number of nitrogens with one attached hydrogen (secondary N) is 1. The first-order valence-electron chi connectivity index (χ1n) is 17.5. The second kappa shape index (κ2) is 16.7. The number of hydrogen-bond donors (Lipinski definition) is 2. The SMILES string of the molecule is CCCc1cc(Cl)ccc1C1COc2ccc3cc2N(CCC(CC)C(OC(=O)N2CCC(O)CC2)/C=C/COC(C)(C)C(=O)NS3=O)C1. The van der Waals surface area contributed by atoms with Crippen LogP contribution in [0.1, 0.15) is 76.8 Å². The van der Waals surface area contributed by atoms with Gasteiger partial charge >= 0.3 is 6.09 Å². The third-order valence-corrected chi connectivity index (χ3v) is 11.0. The standard InChI is InChI=1S/C37H50ClN3O7S/c1-5-8-26-21-28(38)10-12-31(26)27-23-41-17-14-25(6-2)33(48-36(44)40-18-15-29(42)16-19-40)9-7-20-47-37(3,4)35(43)39-49(45)30-11-13-34(46-24-27)32(41)22-30/h7,9-13,21-22,25,27,29,33,42H,5-6,8,14-20,23-24H2,1-4H3,(H,39,43)/b9-7+. The number of carbonyl (C=O) groups is 2. The van der Waals surface area contributed by atoms with E-state index >= 15 is 0 Å². The van der Waals surface area contributed by atoms with Crippen molar-refractivity contribution < 1.29 is 33.1 Å². The van der Waals surface area contributed by atoms with Crippen molar-refractivity contribution >= 4 is 40.3 Å². The average molecular weight is 716 g/mol. The van der Waals surface area contributed by atoms with E-state index in [1.807, 2.05) is 30.3 Å². The van der Waals surface area contributed by atoms with Crippen molar-refractivity contribution in [2.24, 2.45) is 5.92 Å². The predicted molar refractivity (Wildman–Crippen MR) is 192 cm³/mol. The maximum atomic E-state index is 13.5. The zero-order chi connectivity index (χ0) is 35.1. The molecule has 1 saturated heterocycles. The van der Waals surface area contributed by atoms with Crippen molar-refractivity contribution in [3.63, 3.8) is 0 Å². The fraction of sp³-hybridized carbons (Fsp3) is 0.568. The van der Waals surface area contributed by atoms with Crippen molar-refractivity contribution in [3.05, 3.63) is 64.7 Å². The molecule has 4 atom stereocenters. The predicted octanol–water partition coefficient (Wildman–Crippen LogP) is 6.16. The van der Waals surface area contributed by atoms with E-state index < -0.39 is 40.8 Å². The van der Waals surface area contributed by atoms with Crippen LogP contribution < -0.4 is 14.4 Å². The number of anilines is 1. The molecule has 0 spiro atoms. The minimum atomic E-state index is -1.83. The molecule has 0 radical (unpaired) electrons. The molecule has 0 aliphatic carbocycles. The Morgan fingerprint density at radius 1 is 1.12 bits per heavy atom. The summed E-state index contributed by atoms with van der Waals surface area (Å²) in [5, 5.41) is 10.7. The van der Waals surface area contributed by atoms with Crippen molar-refractivity contribution in [2.75, 3.05) is 44.3 Å². The normalized spacial score (nSPS) is 25.9. The number of amides is 2. The van der Waals surface area contributed by atoms with Gasteiger partial charge in [-0.25, -0.2) is 9.00 Å². The summed E-state index contributed by atoms with van der Waals surface area (Å²) in [6.45, 7) is 10.2. The maximum absolute atomic E-state index is 13.5. The van der Waals surface area contributed by atoms with E-state index in [1.54, 1.807) is 30.9 Å². The van der Waals surface area contributed by atoms with Crippen LogP contribution in [0.25, 0.3) is 0 Å². The molecule has 2 bridgehead atoms. The highest BCUT2D eigenvalue weighted by atomic mass is 35.5. The van der Waals surface area contributed by atoms with Gasteiger partial charge in [-0.2, -0.15) is 0 Å². The zero-order valence-corrected chi connectivity index (χ0v) is 30.6. The highest BCUT2D eigenvalue weighted by Gasteiger charge is 2.33. The monoisotopic (exact) mass is 715 g/mol. The van der Waals surface area contributed by atoms with E-state index in [0.717, 1.165) is 24.9 Å². The maximum Gasteiger partial charge on any atom is 0.410 e. The second-order valence-corrected chi connectivity index (χ2v) is 15.3. The molecule has 12 heteroatoms. The molecule has 4 unspecified atom stereocenters. The summed E-state index contributed by atoms with van der Waals surface area (Å²) < 4.78 is 34.6. The molecular formula is C37H50ClN3O7S. The van der Waals surface area contributed by atoms with Crippen molar-refractivity contribution in [1.82, 2.24) is 9.62 Å². The third kappa shape index (κ3) is 9.36. The topological polar surface area (TPSA) is 118 Å². The molecule has 49 heavy (non-hydrogen) atoms. The van der Waals surface area contributed by atoms with Crippen LogP contribution in [-0.2, 0) is 31.7 Å². The van der Waals surface area contributed by atoms with Crippen molar-refractivity contribution in [3.8, 4) is 5.75 Å². The third-order valence-electron chi connectivity index (χ3n) is 9.75. The fourth-order valence-corrected chi connectivity index (χ4v) is 7.82. The van der Waals surface area contributed by atoms with Gasteiger partial charge in [-0.15, -0.1) is 0 Å². The number of rotatable bonds is 5. The van der Waals surface area contributed by atoms with Crippen LogP contribution in [0.4, 0.5) is 10.5 Å². The number of hydrogen-bond acceptors (Lipinski definition) is 8. The summed E-state index contributed by atoms with van der Waals surface area (Å²) in [6, 6.07) is 11.5. The molecule has 10 nitrogen and oxygen atoms in total. The number of halogens is 1. The number of ether oxygens (including phenoxy) is 3. The first-order chi connectivity index (χ1) is 23.5. The summed E-state index contributed by atoms with van der Waals surface area (Å²) in [5.41, 5.74) is 1.91. The molecule has 0 saturated carbocycles. The molecule has 2 aromatic carbocycles. The Hall–Kier alpha value is -3.12. The van der Waals surface area contributed by atoms with Crippen LogP contribution in [0.3, 0.4) is 0 Å². The van der Waals surface area contributed by atoms with E-state index in [0.29, 0.717) is 67.7 Å². The zero-order valence-electron chi connectivity index (χ0n) is 29.0. The number of aliphatic hydroxyl groups excluding tert-OH is 1. The smallest absolute Gasteiger partial charge is 0.410 e. The summed E-state index contributed by atoms with van der Waals surface area (Å²) in [7, 11) is -1.83. The number of benzene rings is 2. The number of nitrogens with zero attached hydrogens (tertiary/aromatic N) is 2. The van der Waals surface area contributed by atoms with Gasteiger partial charge in [0.2, 0.25) is 0 Å². The lowest BCUT2D eigenvalue weighted by molar-refractivity contribution is -0.139. The summed E-state index contributed by atoms with van der Waals surface area (Å²) in [6.07, 6.45) is 6.67. The highest BCUT2D eigenvalue weighted by Crippen LogP contribution is 2.38. The Morgan fingerprint density at radius 3 is 2.63 bits per heavy atom. The Bertz CT molecular complexity index is 1530. The summed E-state index contributed by atoms with van der Waals surface area (Å²) >= 11 is 6.42. The van der Waals surface area contributed by atoms with Crippen LogP contribution in [0.15, 0.2) is 53.4 Å². The Labute approximate surface area is 297 Å². The average Bonchev–Trinajstić information content (AvgIpc) is 3.26. The molecule has 1 fully saturated rings. The molecule has 3 aliphatic heterocycles. The van der Waals surface area contributed by atoms with Crippen molar-refractivity contribution in [1.29, 1.82) is 0 Å². The minimum Gasteiger partial charge on any atom is -0.491 e. The van der Waals surface area contributed by atoms with Gasteiger partial charge in [-0.1, -0.05) is 44.0 Å². The fourth-order valence-electron chi connectivity index (χ4n) is 6.68. The molecule has 5 rings (SSSR count). The van der Waals surface area contributed by atoms with Gasteiger partial charge in [0.15, 0.2) is 11.0 Å². The summed E-state index contributed by atoms with van der Waals surface area (Å²) in [4.78, 5) is 30.9. The van der Waals surface area contributed by atoms with Gasteiger partial charge in [0, 0.05) is 43.0 Å². The van der Waals surface area contributed by atoms with Gasteiger partial charge < -0.3 is 29.1 Å². The lowest BCUT2D eigenvalue weighted by Crippen LogP contribution is -2.45. The largest absolute Gasteiger partial charge is 0.491 e. The molecule has 2 N–H and O–H groups in total. The van der Waals surface area contributed by atoms with E-state index in [9.17, 15) is 18.9 Å². The Morgan fingerprint density at radius 2 is 1.90 bits per heavy atom. The first kappa shape index (κ1) is 37.1. The minimum absolute atomic E-state index is 0.0330. The summed E-state index contributed by atoms with van der Waals surface area (Å²) in [5.74, 6) is 0.164. The molecule has 2 amide bonds. The van der Waals surface area contributed by atoms with Gasteiger partial charge in [0.05, 0.1) is 29.9 Å². The van der Waals surface area contributed by atoms with E-state index in [4.69, 9.17) is 25.8 Å². The first-order valence-corrected chi connectivity index (χ1v) is 19.0. The number of carbonyl (C=O) groups excluding carboxylic acids is 2. The van der Waals surface area contributed by atoms with Crippen LogP contribution in [0.5, 0.6) is 5.75 Å². The van der Waals surface area contributed by atoms with Crippen LogP contribution in [0.2, 0.25) is 5.02 Å². The van der Waals surface area contributed by atoms with Gasteiger partial charge in [-0.3, -0.25) is 9.52 Å². The van der Waals surface area contributed by atoms with Crippen LogP contribution >= 0.6 is 11.6 Å². The molecule has 3 aliphatic rings. The lowest BCUT2D eigenvalue weighted by Gasteiger charge is -2.33. The number of fused-ring (bicyclic) bond motifs is 1. The van der Waals surface area contributed by atoms with Crippen molar-refractivity contribution in [2.45, 2.75) is 94.8 Å². The Balaban J connectivity index is 1.49. The molecule has 268 valence electrons. The van der Waals surface area contributed by atoms with E-state index in [2.05, 4.69) is 29.5 Å². The van der Waals surface area contributed by atoms with Gasteiger partial charge in [0.1, 0.15) is 17.5 Å². The number of likely N-dealkylation sites (tertiary alicyclic amines) is 1. The van der Waals surface area contributed by atoms with Crippen LogP contribution in [0, 0.1) is 5.92 Å². The molecule has 3 heterocycles. The molecule has 2 aromatic rings. The Kier molecular flexibility index (Phi) is 12.7. The molecule has 0 aromatic heterocycles. The van der Waals surface area contributed by atoms with Gasteiger partial charge in [0.25, 0.3) is 5.91 Å². The van der Waals surface area contributed by atoms with E-state index in [-0.39, 0.29) is 18.4 Å². The quantitative estimate of drug-likeness (QED) is 0.354. The van der Waals surface area contributed by atoms with E-state index in [1.165, 1.54) is 11.1 Å². The number of piperidine rings is 1. The number of aryl methyl sites for hydroxylation is 1. The number of aliphatic hydroxyl groups is 1. The van der Waals surface area contributed by atoms with Crippen LogP contribution in [-0.4, -0.2) is 83.4 Å². The lowest BCUT2D eigenvalue weighted by atomic mass is 9.91. The molecular weight excluding hydrogens is 666 g/mol. The highest BCUT2D eigenvalue weighted by molar-refractivity contribution is 7.83. The second-order valence-electron chi connectivity index (χ2n) is 13.6.